The number of amides is 2. The SMILES string of the molecule is Cc1ncc(-c2c(C(F)F)ccc(Cl)c2F)nc1C(=O)Nc1cnn(C(C)c2cnc(N3C[C@H]4C[C@H]4C3=O)c(F)c2C)c1. The standard InChI is InChI=1S/C29H24ClF4N7O2/c1-12-19(8-36-27(23(12)31)40-10-15-6-18(15)29(40)43)14(3)41-11-16(7-37-41)38-28(42)25-13(2)35-9-21(39-25)22-17(26(33)34)4-5-20(30)24(22)32/h4-5,7-9,11,14-15,18,26H,6,10H2,1-3H3,(H,38,42)/t14?,15-,18-/m1/s1. The van der Waals surface area contributed by atoms with Gasteiger partial charge >= 0.3 is 0 Å². The Morgan fingerprint density at radius 3 is 2.56 bits per heavy atom. The van der Waals surface area contributed by atoms with Gasteiger partial charge in [0.05, 0.1) is 40.5 Å². The fourth-order valence-corrected chi connectivity index (χ4v) is 5.55. The van der Waals surface area contributed by atoms with E-state index in [2.05, 4.69) is 25.4 Å². The summed E-state index contributed by atoms with van der Waals surface area (Å²) < 4.78 is 58.9. The molecule has 1 saturated carbocycles. The molecule has 1 aromatic carbocycles. The summed E-state index contributed by atoms with van der Waals surface area (Å²) >= 11 is 5.82. The van der Waals surface area contributed by atoms with E-state index >= 15 is 4.39 Å². The van der Waals surface area contributed by atoms with E-state index in [-0.39, 0.29) is 51.4 Å². The van der Waals surface area contributed by atoms with E-state index in [9.17, 15) is 22.8 Å². The lowest BCUT2D eigenvalue weighted by molar-refractivity contribution is -0.118. The number of alkyl halides is 2. The van der Waals surface area contributed by atoms with Crippen LogP contribution in [0.25, 0.3) is 11.3 Å². The number of nitrogens with zero attached hydrogens (tertiary/aromatic N) is 6. The molecule has 4 aromatic rings. The second-order valence-corrected chi connectivity index (χ2v) is 11.1. The summed E-state index contributed by atoms with van der Waals surface area (Å²) in [6, 6.07) is 1.52. The minimum Gasteiger partial charge on any atom is -0.318 e. The first-order chi connectivity index (χ1) is 20.5. The summed E-state index contributed by atoms with van der Waals surface area (Å²) in [5.74, 6) is -2.23. The summed E-state index contributed by atoms with van der Waals surface area (Å²) in [5.41, 5.74) is -0.387. The van der Waals surface area contributed by atoms with Crippen LogP contribution >= 0.6 is 11.6 Å². The molecule has 14 heteroatoms. The van der Waals surface area contributed by atoms with Crippen LogP contribution in [0.15, 0.2) is 36.9 Å². The van der Waals surface area contributed by atoms with E-state index in [0.717, 1.165) is 24.8 Å². The molecule has 4 heterocycles. The van der Waals surface area contributed by atoms with Gasteiger partial charge in [-0.2, -0.15) is 5.10 Å². The maximum Gasteiger partial charge on any atom is 0.276 e. The second-order valence-electron chi connectivity index (χ2n) is 10.7. The van der Waals surface area contributed by atoms with Gasteiger partial charge < -0.3 is 5.32 Å². The summed E-state index contributed by atoms with van der Waals surface area (Å²) in [7, 11) is 0. The number of hydrogen-bond donors (Lipinski definition) is 1. The van der Waals surface area contributed by atoms with Crippen molar-refractivity contribution in [2.24, 2.45) is 11.8 Å². The van der Waals surface area contributed by atoms with Gasteiger partial charge in [0.2, 0.25) is 5.91 Å². The van der Waals surface area contributed by atoms with E-state index in [4.69, 9.17) is 11.6 Å². The Bertz CT molecular complexity index is 1800. The number of halogens is 5. The van der Waals surface area contributed by atoms with Gasteiger partial charge in [-0.3, -0.25) is 24.2 Å². The Morgan fingerprint density at radius 1 is 1.09 bits per heavy atom. The van der Waals surface area contributed by atoms with E-state index in [1.54, 1.807) is 13.8 Å². The zero-order valence-corrected chi connectivity index (χ0v) is 23.8. The molecule has 1 aliphatic heterocycles. The topological polar surface area (TPSA) is 106 Å². The summed E-state index contributed by atoms with van der Waals surface area (Å²) in [4.78, 5) is 39.4. The number of aryl methyl sites for hydroxylation is 1. The van der Waals surface area contributed by atoms with Crippen LogP contribution in [0.1, 0.15) is 58.7 Å². The van der Waals surface area contributed by atoms with Gasteiger partial charge in [0.25, 0.3) is 12.3 Å². The number of anilines is 2. The molecule has 3 atom stereocenters. The quantitative estimate of drug-likeness (QED) is 0.254. The van der Waals surface area contributed by atoms with Crippen LogP contribution in [0.2, 0.25) is 5.02 Å². The molecule has 0 spiro atoms. The van der Waals surface area contributed by atoms with Crippen LogP contribution in [-0.2, 0) is 4.79 Å². The number of rotatable bonds is 7. The largest absolute Gasteiger partial charge is 0.318 e. The zero-order valence-electron chi connectivity index (χ0n) is 23.1. The van der Waals surface area contributed by atoms with Crippen molar-refractivity contribution in [3.63, 3.8) is 0 Å². The first-order valence-corrected chi connectivity index (χ1v) is 13.8. The van der Waals surface area contributed by atoms with Gasteiger partial charge in [-0.1, -0.05) is 17.7 Å². The lowest BCUT2D eigenvalue weighted by Gasteiger charge is -2.21. The number of nitrogens with one attached hydrogen (secondary N) is 1. The monoisotopic (exact) mass is 613 g/mol. The number of fused-ring (bicyclic) bond motifs is 1. The minimum absolute atomic E-state index is 0.0242. The van der Waals surface area contributed by atoms with E-state index in [1.807, 2.05) is 0 Å². The molecule has 1 saturated heterocycles. The predicted octanol–water partition coefficient (Wildman–Crippen LogP) is 6.07. The summed E-state index contributed by atoms with van der Waals surface area (Å²) in [6.45, 7) is 5.35. The molecule has 222 valence electrons. The van der Waals surface area contributed by atoms with Crippen LogP contribution in [0.5, 0.6) is 0 Å². The highest BCUT2D eigenvalue weighted by Crippen LogP contribution is 2.47. The Kier molecular flexibility index (Phi) is 7.15. The fraction of sp³-hybridized carbons (Fsp3) is 0.310. The lowest BCUT2D eigenvalue weighted by Crippen LogP contribution is -2.30. The first-order valence-electron chi connectivity index (χ1n) is 13.4. The van der Waals surface area contributed by atoms with Crippen LogP contribution in [0.4, 0.5) is 29.1 Å². The molecule has 2 aliphatic rings. The molecular weight excluding hydrogens is 590 g/mol. The van der Waals surface area contributed by atoms with Gasteiger partial charge in [0.1, 0.15) is 5.69 Å². The summed E-state index contributed by atoms with van der Waals surface area (Å²) in [5, 5.41) is 6.53. The predicted molar refractivity (Wildman–Crippen MR) is 149 cm³/mol. The fourth-order valence-electron chi connectivity index (χ4n) is 5.40. The first kappa shape index (κ1) is 28.7. The normalized spacial score (nSPS) is 18.3. The third kappa shape index (κ3) is 5.01. The Morgan fingerprint density at radius 2 is 1.86 bits per heavy atom. The molecule has 2 fully saturated rings. The molecule has 2 amide bonds. The Labute approximate surface area is 247 Å². The van der Waals surface area contributed by atoms with Gasteiger partial charge in [-0.25, -0.2) is 27.5 Å². The van der Waals surface area contributed by atoms with Crippen LogP contribution < -0.4 is 10.2 Å². The number of piperidine rings is 1. The number of aromatic nitrogens is 5. The van der Waals surface area contributed by atoms with Crippen LogP contribution in [0.3, 0.4) is 0 Å². The average Bonchev–Trinajstić information content (AvgIpc) is 3.47. The lowest BCUT2D eigenvalue weighted by atomic mass is 10.0. The number of carbonyl (C=O) groups is 2. The third-order valence-corrected chi connectivity index (χ3v) is 8.25. The molecule has 3 aromatic heterocycles. The minimum atomic E-state index is -3.02. The van der Waals surface area contributed by atoms with Crippen molar-refractivity contribution < 1.29 is 27.2 Å². The van der Waals surface area contributed by atoms with Crippen molar-refractivity contribution in [3.05, 3.63) is 81.7 Å². The average molecular weight is 614 g/mol. The molecule has 1 aliphatic carbocycles. The third-order valence-electron chi connectivity index (χ3n) is 7.96. The van der Waals surface area contributed by atoms with Crippen molar-refractivity contribution in [1.82, 2.24) is 24.7 Å². The maximum absolute atomic E-state index is 15.4. The zero-order chi connectivity index (χ0) is 30.7. The Balaban J connectivity index is 1.22. The van der Waals surface area contributed by atoms with Crippen molar-refractivity contribution in [3.8, 4) is 11.3 Å². The smallest absolute Gasteiger partial charge is 0.276 e. The van der Waals surface area contributed by atoms with Crippen molar-refractivity contribution in [2.75, 3.05) is 16.8 Å². The number of hydrogen-bond acceptors (Lipinski definition) is 6. The highest BCUT2D eigenvalue weighted by Gasteiger charge is 2.53. The summed E-state index contributed by atoms with van der Waals surface area (Å²) in [6.07, 6.45) is 3.32. The van der Waals surface area contributed by atoms with E-state index in [0.29, 0.717) is 17.7 Å². The van der Waals surface area contributed by atoms with Crippen LogP contribution in [0, 0.1) is 37.3 Å². The van der Waals surface area contributed by atoms with Crippen molar-refractivity contribution in [1.29, 1.82) is 0 Å². The van der Waals surface area contributed by atoms with Gasteiger partial charge in [-0.05, 0) is 44.7 Å². The van der Waals surface area contributed by atoms with E-state index < -0.39 is 41.1 Å². The highest BCUT2D eigenvalue weighted by molar-refractivity contribution is 6.31. The second kappa shape index (κ2) is 10.7. The van der Waals surface area contributed by atoms with Crippen LogP contribution in [-0.4, -0.2) is 43.1 Å². The highest BCUT2D eigenvalue weighted by atomic mass is 35.5. The molecule has 1 unspecified atom stereocenters. The van der Waals surface area contributed by atoms with Gasteiger partial charge in [0, 0.05) is 41.5 Å². The molecule has 1 N–H and O–H groups in total. The number of benzene rings is 1. The molecular formula is C29H24ClF4N7O2. The number of pyridine rings is 1. The molecule has 9 nitrogen and oxygen atoms in total. The molecule has 0 radical (unpaired) electrons. The van der Waals surface area contributed by atoms with Gasteiger partial charge in [0.15, 0.2) is 17.5 Å². The molecule has 0 bridgehead atoms. The molecule has 6 rings (SSSR count). The van der Waals surface area contributed by atoms with Crippen molar-refractivity contribution >= 4 is 34.9 Å². The van der Waals surface area contributed by atoms with E-state index in [1.165, 1.54) is 35.1 Å². The number of carbonyl (C=O) groups excluding carboxylic acids is 2. The molecule has 43 heavy (non-hydrogen) atoms. The Hall–Kier alpha value is -4.39. The maximum atomic E-state index is 15.4. The van der Waals surface area contributed by atoms with Gasteiger partial charge in [-0.15, -0.1) is 0 Å². The van der Waals surface area contributed by atoms with Crippen molar-refractivity contribution in [2.45, 2.75) is 39.7 Å².